The van der Waals surface area contributed by atoms with Gasteiger partial charge in [0.2, 0.25) is 0 Å². The van der Waals surface area contributed by atoms with Crippen molar-refractivity contribution in [2.75, 3.05) is 26.7 Å². The standard InChI is InChI=1S/C13H23ClN4/c1-15-6-3-11-4-7-18(8-5-11)10-13-16-9-12(14)17(13)2/h9,11,15H,3-8,10H2,1-2H3. The van der Waals surface area contributed by atoms with Gasteiger partial charge in [-0.3, -0.25) is 4.90 Å². The van der Waals surface area contributed by atoms with Crippen molar-refractivity contribution < 1.29 is 0 Å². The number of halogens is 1. The molecule has 0 amide bonds. The molecule has 1 aliphatic rings. The van der Waals surface area contributed by atoms with E-state index in [-0.39, 0.29) is 0 Å². The van der Waals surface area contributed by atoms with Crippen LogP contribution in [0.1, 0.15) is 25.1 Å². The van der Waals surface area contributed by atoms with E-state index in [1.807, 2.05) is 18.7 Å². The van der Waals surface area contributed by atoms with Gasteiger partial charge in [0, 0.05) is 7.05 Å². The second-order valence-electron chi connectivity index (χ2n) is 5.17. The number of hydrogen-bond acceptors (Lipinski definition) is 3. The Morgan fingerprint density at radius 3 is 2.72 bits per heavy atom. The molecule has 5 heteroatoms. The lowest BCUT2D eigenvalue weighted by molar-refractivity contribution is 0.168. The highest BCUT2D eigenvalue weighted by molar-refractivity contribution is 6.29. The topological polar surface area (TPSA) is 33.1 Å². The Morgan fingerprint density at radius 2 is 2.17 bits per heavy atom. The summed E-state index contributed by atoms with van der Waals surface area (Å²) in [6.07, 6.45) is 5.65. The molecule has 0 unspecified atom stereocenters. The molecule has 1 aromatic rings. The van der Waals surface area contributed by atoms with Crippen molar-refractivity contribution in [2.24, 2.45) is 13.0 Å². The van der Waals surface area contributed by atoms with E-state index >= 15 is 0 Å². The molecule has 1 N–H and O–H groups in total. The third-order valence-corrected chi connectivity index (χ3v) is 4.25. The lowest BCUT2D eigenvalue weighted by Gasteiger charge is -2.31. The number of hydrogen-bond donors (Lipinski definition) is 1. The first-order valence-corrected chi connectivity index (χ1v) is 7.11. The fourth-order valence-electron chi connectivity index (χ4n) is 2.55. The van der Waals surface area contributed by atoms with Crippen LogP contribution in [0.25, 0.3) is 0 Å². The molecule has 0 bridgehead atoms. The third-order valence-electron chi connectivity index (χ3n) is 3.90. The maximum Gasteiger partial charge on any atom is 0.128 e. The molecule has 0 aliphatic carbocycles. The van der Waals surface area contributed by atoms with Gasteiger partial charge in [0.25, 0.3) is 0 Å². The minimum atomic E-state index is 0.717. The van der Waals surface area contributed by atoms with Crippen molar-refractivity contribution in [3.05, 3.63) is 17.2 Å². The highest BCUT2D eigenvalue weighted by atomic mass is 35.5. The average Bonchev–Trinajstić information content (AvgIpc) is 2.70. The first-order valence-electron chi connectivity index (χ1n) is 6.73. The zero-order chi connectivity index (χ0) is 13.0. The molecule has 0 aromatic carbocycles. The van der Waals surface area contributed by atoms with E-state index < -0.39 is 0 Å². The number of imidazole rings is 1. The fraction of sp³-hybridized carbons (Fsp3) is 0.769. The van der Waals surface area contributed by atoms with Crippen LogP contribution in [0.4, 0.5) is 0 Å². The van der Waals surface area contributed by atoms with Crippen LogP contribution in [-0.2, 0) is 13.6 Å². The van der Waals surface area contributed by atoms with E-state index in [1.54, 1.807) is 6.20 Å². The van der Waals surface area contributed by atoms with Gasteiger partial charge in [-0.05, 0) is 51.9 Å². The Kier molecular flexibility index (Phi) is 5.03. The van der Waals surface area contributed by atoms with Crippen molar-refractivity contribution in [1.82, 2.24) is 19.8 Å². The molecule has 0 atom stereocenters. The first-order chi connectivity index (χ1) is 8.70. The van der Waals surface area contributed by atoms with E-state index in [9.17, 15) is 0 Å². The number of rotatable bonds is 5. The highest BCUT2D eigenvalue weighted by Crippen LogP contribution is 2.21. The lowest BCUT2D eigenvalue weighted by Crippen LogP contribution is -2.34. The molecule has 102 valence electrons. The summed E-state index contributed by atoms with van der Waals surface area (Å²) in [5.74, 6) is 1.95. The van der Waals surface area contributed by atoms with Gasteiger partial charge in [-0.25, -0.2) is 4.98 Å². The molecule has 1 fully saturated rings. The molecule has 4 nitrogen and oxygen atoms in total. The quantitative estimate of drug-likeness (QED) is 0.887. The normalized spacial score (nSPS) is 18.4. The second kappa shape index (κ2) is 6.55. The fourth-order valence-corrected chi connectivity index (χ4v) is 2.70. The van der Waals surface area contributed by atoms with E-state index in [0.717, 1.165) is 24.8 Å². The Balaban J connectivity index is 1.78. The van der Waals surface area contributed by atoms with Crippen LogP contribution in [0.2, 0.25) is 5.15 Å². The van der Waals surface area contributed by atoms with Crippen LogP contribution in [0.5, 0.6) is 0 Å². The Hall–Kier alpha value is -0.580. The minimum Gasteiger partial charge on any atom is -0.321 e. The molecule has 1 aromatic heterocycles. The molecule has 2 rings (SSSR count). The molecule has 0 saturated carbocycles. The van der Waals surface area contributed by atoms with Crippen molar-refractivity contribution in [3.8, 4) is 0 Å². The molecule has 1 aliphatic heterocycles. The van der Waals surface area contributed by atoms with Crippen LogP contribution < -0.4 is 5.32 Å². The van der Waals surface area contributed by atoms with Crippen LogP contribution in [0, 0.1) is 5.92 Å². The highest BCUT2D eigenvalue weighted by Gasteiger charge is 2.20. The summed E-state index contributed by atoms with van der Waals surface area (Å²) >= 11 is 6.00. The van der Waals surface area contributed by atoms with Gasteiger partial charge < -0.3 is 9.88 Å². The van der Waals surface area contributed by atoms with Gasteiger partial charge in [0.15, 0.2) is 0 Å². The summed E-state index contributed by atoms with van der Waals surface area (Å²) in [6.45, 7) is 4.42. The average molecular weight is 271 g/mol. The van der Waals surface area contributed by atoms with Crippen LogP contribution >= 0.6 is 11.6 Å². The van der Waals surface area contributed by atoms with Gasteiger partial charge in [0.1, 0.15) is 11.0 Å². The van der Waals surface area contributed by atoms with Gasteiger partial charge >= 0.3 is 0 Å². The number of nitrogens with zero attached hydrogens (tertiary/aromatic N) is 3. The van der Waals surface area contributed by atoms with E-state index in [0.29, 0.717) is 5.15 Å². The predicted molar refractivity (Wildman–Crippen MR) is 74.8 cm³/mol. The van der Waals surface area contributed by atoms with E-state index in [2.05, 4.69) is 15.2 Å². The Bertz CT molecular complexity index is 369. The summed E-state index contributed by atoms with van der Waals surface area (Å²) in [6, 6.07) is 0. The number of piperidine rings is 1. The summed E-state index contributed by atoms with van der Waals surface area (Å²) in [5, 5.41) is 3.95. The maximum absolute atomic E-state index is 6.00. The second-order valence-corrected chi connectivity index (χ2v) is 5.56. The van der Waals surface area contributed by atoms with Crippen molar-refractivity contribution in [1.29, 1.82) is 0 Å². The zero-order valence-electron chi connectivity index (χ0n) is 11.3. The van der Waals surface area contributed by atoms with Crippen LogP contribution in [0.15, 0.2) is 6.20 Å². The number of likely N-dealkylation sites (tertiary alicyclic amines) is 1. The predicted octanol–water partition coefficient (Wildman–Crippen LogP) is 1.89. The lowest BCUT2D eigenvalue weighted by atomic mass is 9.93. The summed E-state index contributed by atoms with van der Waals surface area (Å²) < 4.78 is 1.97. The monoisotopic (exact) mass is 270 g/mol. The van der Waals surface area contributed by atoms with Gasteiger partial charge in [-0.1, -0.05) is 11.6 Å². The maximum atomic E-state index is 6.00. The van der Waals surface area contributed by atoms with Crippen molar-refractivity contribution in [2.45, 2.75) is 25.8 Å². The summed E-state index contributed by atoms with van der Waals surface area (Å²) in [7, 11) is 4.00. The minimum absolute atomic E-state index is 0.717. The summed E-state index contributed by atoms with van der Waals surface area (Å²) in [5.41, 5.74) is 0. The zero-order valence-corrected chi connectivity index (χ0v) is 12.1. The van der Waals surface area contributed by atoms with Crippen LogP contribution in [-0.4, -0.2) is 41.1 Å². The largest absolute Gasteiger partial charge is 0.321 e. The van der Waals surface area contributed by atoms with Gasteiger partial charge in [-0.15, -0.1) is 0 Å². The number of aromatic nitrogens is 2. The third kappa shape index (κ3) is 3.46. The molecular weight excluding hydrogens is 248 g/mol. The molecule has 18 heavy (non-hydrogen) atoms. The first kappa shape index (κ1) is 13.8. The van der Waals surface area contributed by atoms with Crippen molar-refractivity contribution >= 4 is 11.6 Å². The van der Waals surface area contributed by atoms with Gasteiger partial charge in [-0.2, -0.15) is 0 Å². The Labute approximate surface area is 114 Å². The molecule has 2 heterocycles. The molecule has 0 radical (unpaired) electrons. The van der Waals surface area contributed by atoms with Crippen molar-refractivity contribution in [3.63, 3.8) is 0 Å². The SMILES string of the molecule is CNCCC1CCN(Cc2ncc(Cl)n2C)CC1. The summed E-state index contributed by atoms with van der Waals surface area (Å²) in [4.78, 5) is 6.84. The van der Waals surface area contributed by atoms with Gasteiger partial charge in [0.05, 0.1) is 12.7 Å². The van der Waals surface area contributed by atoms with E-state index in [1.165, 1.54) is 32.4 Å². The van der Waals surface area contributed by atoms with Crippen LogP contribution in [0.3, 0.4) is 0 Å². The molecule has 1 saturated heterocycles. The molecular formula is C13H23ClN4. The van der Waals surface area contributed by atoms with E-state index in [4.69, 9.17) is 11.6 Å². The smallest absolute Gasteiger partial charge is 0.128 e. The number of nitrogens with one attached hydrogen (secondary N) is 1. The molecule has 0 spiro atoms. The Morgan fingerprint density at radius 1 is 1.44 bits per heavy atom.